The van der Waals surface area contributed by atoms with Crippen molar-refractivity contribution in [2.75, 3.05) is 6.61 Å². The fourth-order valence-electron chi connectivity index (χ4n) is 3.84. The molecule has 3 aliphatic heterocycles. The molecule has 3 rings (SSSR count). The molecule has 3 fully saturated rings. The summed E-state index contributed by atoms with van der Waals surface area (Å²) < 4.78 is 26.5. The Hall–Kier alpha value is -0.560. The third-order valence-corrected chi connectivity index (χ3v) is 5.99. The third kappa shape index (κ3) is 5.08. The first-order valence-corrected chi connectivity index (χ1v) is 10.3. The summed E-state index contributed by atoms with van der Waals surface area (Å²) in [6.45, 7) is 2.37. The summed E-state index contributed by atoms with van der Waals surface area (Å²) in [7, 11) is 0. The fourth-order valence-corrected chi connectivity index (χ4v) is 3.84. The minimum absolute atomic E-state index is 0.500. The molecule has 15 atom stereocenters. The lowest BCUT2D eigenvalue weighted by Gasteiger charge is -2.45. The van der Waals surface area contributed by atoms with Gasteiger partial charge in [0, 0.05) is 0 Å². The molecule has 0 aliphatic carbocycles. The van der Waals surface area contributed by atoms with Crippen LogP contribution in [0.3, 0.4) is 0 Å². The molecule has 9 N–H and O–H groups in total. The Balaban J connectivity index is 1.65. The molecule has 14 nitrogen and oxygen atoms in total. The third-order valence-electron chi connectivity index (χ3n) is 5.99. The average Bonchev–Trinajstić information content (AvgIpc) is 2.76. The molecule has 0 bridgehead atoms. The van der Waals surface area contributed by atoms with Gasteiger partial charge in [-0.05, 0) is 13.8 Å². The number of aliphatic hydroxyl groups excluding tert-OH is 9. The Bertz CT molecular complexity index is 596. The van der Waals surface area contributed by atoms with Crippen LogP contribution in [0.1, 0.15) is 13.8 Å². The second-order valence-corrected chi connectivity index (χ2v) is 8.34. The van der Waals surface area contributed by atoms with Gasteiger partial charge in [0.05, 0.1) is 18.8 Å². The lowest BCUT2D eigenvalue weighted by molar-refractivity contribution is -0.360. The Morgan fingerprint density at radius 1 is 0.562 bits per heavy atom. The van der Waals surface area contributed by atoms with Crippen LogP contribution >= 0.6 is 0 Å². The van der Waals surface area contributed by atoms with E-state index in [1.54, 1.807) is 0 Å². The highest BCUT2D eigenvalue weighted by Crippen LogP contribution is 2.29. The van der Waals surface area contributed by atoms with Gasteiger partial charge in [0.25, 0.3) is 0 Å². The zero-order valence-corrected chi connectivity index (χ0v) is 17.4. The minimum atomic E-state index is -1.79. The second kappa shape index (κ2) is 10.4. The molecule has 0 amide bonds. The molecule has 3 saturated heterocycles. The maximum atomic E-state index is 10.2. The molecular formula is C18H32O14. The molecule has 0 aromatic heterocycles. The molecule has 0 radical (unpaired) electrons. The zero-order valence-electron chi connectivity index (χ0n) is 17.4. The summed E-state index contributed by atoms with van der Waals surface area (Å²) in [6.07, 6.45) is -22.1. The summed E-state index contributed by atoms with van der Waals surface area (Å²) in [5.41, 5.74) is 0. The average molecular weight is 472 g/mol. The van der Waals surface area contributed by atoms with E-state index >= 15 is 0 Å². The van der Waals surface area contributed by atoms with E-state index in [9.17, 15) is 46.0 Å². The topological polar surface area (TPSA) is 228 Å². The SMILES string of the molecule is C[C@@H]1O[C@@H](OC[C@H]2O[C@@H](O[C@@H]3[C@@H](O)[C@H](C)O[C@@H](O)[C@@H]3O)[C@H](O)[C@@H](O)[C@@H]2O)[C@H](O)[C@H](O)[C@H]1O. The van der Waals surface area contributed by atoms with Crippen LogP contribution in [0.15, 0.2) is 0 Å². The standard InChI is InChI=1S/C18H32O14/c1-4-7(19)10(22)12(24)17(30-4)28-3-6-9(21)11(23)13(25)18(31-6)32-15-8(20)5(2)29-16(27)14(15)26/h4-27H,3H2,1-2H3/t4-,5-,6+,7-,8-,9+,10+,11-,12+,13+,14+,15+,16+,17+,18-/m0/s1. The van der Waals surface area contributed by atoms with Crippen molar-refractivity contribution in [3.63, 3.8) is 0 Å². The highest BCUT2D eigenvalue weighted by molar-refractivity contribution is 4.93. The highest BCUT2D eigenvalue weighted by Gasteiger charge is 2.50. The van der Waals surface area contributed by atoms with Crippen molar-refractivity contribution in [3.8, 4) is 0 Å². The quantitative estimate of drug-likeness (QED) is 0.182. The van der Waals surface area contributed by atoms with Crippen molar-refractivity contribution >= 4 is 0 Å². The number of hydrogen-bond donors (Lipinski definition) is 9. The van der Waals surface area contributed by atoms with Crippen molar-refractivity contribution in [3.05, 3.63) is 0 Å². The zero-order chi connectivity index (χ0) is 23.9. The molecule has 14 heteroatoms. The maximum Gasteiger partial charge on any atom is 0.187 e. The van der Waals surface area contributed by atoms with Crippen molar-refractivity contribution in [1.29, 1.82) is 0 Å². The predicted octanol–water partition coefficient (Wildman–Crippen LogP) is -5.52. The van der Waals surface area contributed by atoms with Gasteiger partial charge >= 0.3 is 0 Å². The number of hydrogen-bond acceptors (Lipinski definition) is 14. The first kappa shape index (κ1) is 26.1. The van der Waals surface area contributed by atoms with Gasteiger partial charge in [-0.2, -0.15) is 0 Å². The lowest BCUT2D eigenvalue weighted by Crippen LogP contribution is -2.64. The van der Waals surface area contributed by atoms with Crippen LogP contribution in [0.4, 0.5) is 0 Å². The molecule has 32 heavy (non-hydrogen) atoms. The second-order valence-electron chi connectivity index (χ2n) is 8.34. The van der Waals surface area contributed by atoms with Crippen molar-refractivity contribution in [2.45, 2.75) is 106 Å². The van der Waals surface area contributed by atoms with E-state index in [-0.39, 0.29) is 0 Å². The van der Waals surface area contributed by atoms with E-state index in [0.717, 1.165) is 0 Å². The van der Waals surface area contributed by atoms with Gasteiger partial charge in [0.2, 0.25) is 0 Å². The molecule has 0 aromatic carbocycles. The van der Waals surface area contributed by atoms with Gasteiger partial charge in [-0.15, -0.1) is 0 Å². The van der Waals surface area contributed by atoms with E-state index in [0.29, 0.717) is 0 Å². The lowest BCUT2D eigenvalue weighted by atomic mass is 9.97. The Morgan fingerprint density at radius 2 is 1.12 bits per heavy atom. The molecule has 0 unspecified atom stereocenters. The van der Waals surface area contributed by atoms with Gasteiger partial charge in [0.15, 0.2) is 18.9 Å². The van der Waals surface area contributed by atoms with Gasteiger partial charge < -0.3 is 69.6 Å². The summed E-state index contributed by atoms with van der Waals surface area (Å²) in [6, 6.07) is 0. The van der Waals surface area contributed by atoms with Gasteiger partial charge in [0.1, 0.15) is 61.0 Å². The van der Waals surface area contributed by atoms with Gasteiger partial charge in [-0.25, -0.2) is 0 Å². The molecule has 3 heterocycles. The summed E-state index contributed by atoms with van der Waals surface area (Å²) >= 11 is 0. The number of ether oxygens (including phenoxy) is 5. The van der Waals surface area contributed by atoms with Crippen LogP contribution in [0.25, 0.3) is 0 Å². The van der Waals surface area contributed by atoms with Crippen LogP contribution in [-0.2, 0) is 23.7 Å². The van der Waals surface area contributed by atoms with Crippen LogP contribution in [0, 0.1) is 0 Å². The van der Waals surface area contributed by atoms with Crippen molar-refractivity contribution < 1.29 is 69.6 Å². The van der Waals surface area contributed by atoms with E-state index in [1.807, 2.05) is 0 Å². The number of rotatable bonds is 5. The summed E-state index contributed by atoms with van der Waals surface area (Å²) in [5, 5.41) is 90.3. The molecule has 3 aliphatic rings. The van der Waals surface area contributed by atoms with Crippen LogP contribution in [-0.4, -0.2) is 145 Å². The highest BCUT2D eigenvalue weighted by atomic mass is 16.7. The Kier molecular flexibility index (Phi) is 8.44. The van der Waals surface area contributed by atoms with E-state index in [2.05, 4.69) is 0 Å². The molecular weight excluding hydrogens is 440 g/mol. The van der Waals surface area contributed by atoms with Crippen LogP contribution in [0.2, 0.25) is 0 Å². The van der Waals surface area contributed by atoms with E-state index in [4.69, 9.17) is 23.7 Å². The van der Waals surface area contributed by atoms with E-state index < -0.39 is 98.7 Å². The Morgan fingerprint density at radius 3 is 1.78 bits per heavy atom. The fraction of sp³-hybridized carbons (Fsp3) is 1.00. The minimum Gasteiger partial charge on any atom is -0.388 e. The first-order chi connectivity index (χ1) is 14.9. The van der Waals surface area contributed by atoms with Crippen LogP contribution in [0.5, 0.6) is 0 Å². The molecule has 0 aromatic rings. The van der Waals surface area contributed by atoms with Gasteiger partial charge in [-0.3, -0.25) is 0 Å². The van der Waals surface area contributed by atoms with Crippen LogP contribution < -0.4 is 0 Å². The van der Waals surface area contributed by atoms with Gasteiger partial charge in [-0.1, -0.05) is 0 Å². The predicted molar refractivity (Wildman–Crippen MR) is 98.4 cm³/mol. The largest absolute Gasteiger partial charge is 0.388 e. The summed E-state index contributed by atoms with van der Waals surface area (Å²) in [5.74, 6) is 0. The maximum absolute atomic E-state index is 10.2. The molecule has 188 valence electrons. The number of aliphatic hydroxyl groups is 9. The monoisotopic (exact) mass is 472 g/mol. The molecule has 0 spiro atoms. The van der Waals surface area contributed by atoms with E-state index in [1.165, 1.54) is 13.8 Å². The Labute approximate surface area is 183 Å². The first-order valence-electron chi connectivity index (χ1n) is 10.3. The normalized spacial score (nSPS) is 55.0. The van der Waals surface area contributed by atoms with Crippen molar-refractivity contribution in [2.24, 2.45) is 0 Å². The smallest absolute Gasteiger partial charge is 0.187 e. The molecule has 0 saturated carbocycles. The van der Waals surface area contributed by atoms with Crippen molar-refractivity contribution in [1.82, 2.24) is 0 Å². The summed E-state index contributed by atoms with van der Waals surface area (Å²) in [4.78, 5) is 0.